The molecule has 2 aromatic carbocycles. The first-order valence-corrected chi connectivity index (χ1v) is 12.5. The predicted molar refractivity (Wildman–Crippen MR) is 121 cm³/mol. The topological polar surface area (TPSA) is 76.1 Å². The monoisotopic (exact) mass is 460 g/mol. The fourth-order valence-corrected chi connectivity index (χ4v) is 6.64. The molecule has 1 amide bonds. The van der Waals surface area contributed by atoms with E-state index < -0.39 is 9.84 Å². The van der Waals surface area contributed by atoms with Crippen molar-refractivity contribution in [3.63, 3.8) is 0 Å². The van der Waals surface area contributed by atoms with Crippen molar-refractivity contribution < 1.29 is 13.2 Å². The number of hydrogen-bond acceptors (Lipinski definition) is 5. The third-order valence-corrected chi connectivity index (χ3v) is 8.97. The molecule has 0 bridgehead atoms. The van der Waals surface area contributed by atoms with Crippen molar-refractivity contribution in [1.29, 1.82) is 0 Å². The number of amides is 1. The second-order valence-electron chi connectivity index (χ2n) is 7.37. The fraction of sp³-hybridized carbons (Fsp3) is 0.273. The molecule has 1 aromatic heterocycles. The zero-order valence-corrected chi connectivity index (χ0v) is 18.8. The minimum atomic E-state index is -3.38. The highest BCUT2D eigenvalue weighted by Crippen LogP contribution is 2.32. The summed E-state index contributed by atoms with van der Waals surface area (Å²) in [5, 5.41) is 3.86. The molecule has 0 radical (unpaired) electrons. The maximum atomic E-state index is 12.9. The number of sulfone groups is 1. The zero-order chi connectivity index (χ0) is 21.3. The third-order valence-electron chi connectivity index (χ3n) is 5.26. The number of nitrogens with zero attached hydrogens (tertiary/aromatic N) is 1. The molecule has 156 valence electrons. The maximum absolute atomic E-state index is 12.9. The van der Waals surface area contributed by atoms with Crippen LogP contribution < -0.4 is 5.32 Å². The van der Waals surface area contributed by atoms with Gasteiger partial charge in [-0.1, -0.05) is 42.6 Å². The van der Waals surface area contributed by atoms with E-state index in [1.807, 2.05) is 12.1 Å². The van der Waals surface area contributed by atoms with Crippen LogP contribution in [-0.4, -0.2) is 24.6 Å². The molecule has 30 heavy (non-hydrogen) atoms. The van der Waals surface area contributed by atoms with E-state index in [0.29, 0.717) is 34.1 Å². The Bertz CT molecular complexity index is 1180. The number of rotatable bonds is 5. The lowest BCUT2D eigenvalue weighted by Crippen LogP contribution is -2.18. The second-order valence-corrected chi connectivity index (χ2v) is 11.0. The number of aryl methyl sites for hydroxylation is 1. The van der Waals surface area contributed by atoms with E-state index in [1.54, 1.807) is 43.3 Å². The van der Waals surface area contributed by atoms with Gasteiger partial charge in [0.15, 0.2) is 9.84 Å². The van der Waals surface area contributed by atoms with Crippen LogP contribution in [-0.2, 0) is 9.84 Å². The SMILES string of the molecule is Cc1nc(-c2ccc(Cl)cc2)sc1C(=O)Nc1cccc(S(=O)(=O)C2CCCC2)c1. The molecular weight excluding hydrogens is 440 g/mol. The summed E-state index contributed by atoms with van der Waals surface area (Å²) in [5.74, 6) is -0.305. The van der Waals surface area contributed by atoms with Crippen molar-refractivity contribution in [1.82, 2.24) is 4.98 Å². The lowest BCUT2D eigenvalue weighted by atomic mass is 10.2. The van der Waals surface area contributed by atoms with Crippen molar-refractivity contribution in [2.24, 2.45) is 0 Å². The van der Waals surface area contributed by atoms with E-state index in [4.69, 9.17) is 11.6 Å². The van der Waals surface area contributed by atoms with Crippen LogP contribution in [0.3, 0.4) is 0 Å². The van der Waals surface area contributed by atoms with Crippen LogP contribution in [0.25, 0.3) is 10.6 Å². The molecule has 1 N–H and O–H groups in total. The van der Waals surface area contributed by atoms with E-state index in [-0.39, 0.29) is 16.1 Å². The van der Waals surface area contributed by atoms with Crippen LogP contribution in [0.2, 0.25) is 5.02 Å². The lowest BCUT2D eigenvalue weighted by Gasteiger charge is -2.12. The van der Waals surface area contributed by atoms with Gasteiger partial charge in [0.1, 0.15) is 9.88 Å². The minimum Gasteiger partial charge on any atom is -0.321 e. The average molecular weight is 461 g/mol. The number of aromatic nitrogens is 1. The van der Waals surface area contributed by atoms with Crippen LogP contribution in [0.15, 0.2) is 53.4 Å². The van der Waals surface area contributed by atoms with Crippen LogP contribution in [0.4, 0.5) is 5.69 Å². The molecule has 1 aliphatic rings. The molecule has 1 saturated carbocycles. The van der Waals surface area contributed by atoms with Crippen molar-refractivity contribution in [2.45, 2.75) is 42.8 Å². The highest BCUT2D eigenvalue weighted by molar-refractivity contribution is 7.92. The average Bonchev–Trinajstić information content (AvgIpc) is 3.39. The van der Waals surface area contributed by atoms with Gasteiger partial charge < -0.3 is 5.32 Å². The summed E-state index contributed by atoms with van der Waals surface area (Å²) in [4.78, 5) is 18.1. The highest BCUT2D eigenvalue weighted by Gasteiger charge is 2.30. The molecule has 0 atom stereocenters. The second kappa shape index (κ2) is 8.49. The summed E-state index contributed by atoms with van der Waals surface area (Å²) >= 11 is 7.23. The Hall–Kier alpha value is -2.22. The molecule has 0 saturated heterocycles. The summed E-state index contributed by atoms with van der Waals surface area (Å²) in [7, 11) is -3.38. The number of carbonyl (C=O) groups excluding carboxylic acids is 1. The standard InChI is InChI=1S/C22H21ClN2O3S2/c1-14-20(29-22(24-14)15-9-11-16(23)12-10-15)21(26)25-17-5-4-8-19(13-17)30(27,28)18-6-2-3-7-18/h4-5,8-13,18H,2-3,6-7H2,1H3,(H,25,26). The Labute approximate surface area is 185 Å². The van der Waals surface area contributed by atoms with E-state index in [9.17, 15) is 13.2 Å². The van der Waals surface area contributed by atoms with Gasteiger partial charge in [-0.05, 0) is 50.1 Å². The molecule has 0 spiro atoms. The summed E-state index contributed by atoms with van der Waals surface area (Å²) in [5.41, 5.74) is 1.97. The molecule has 4 rings (SSSR count). The van der Waals surface area contributed by atoms with E-state index in [1.165, 1.54) is 11.3 Å². The first-order chi connectivity index (χ1) is 14.3. The molecule has 1 heterocycles. The van der Waals surface area contributed by atoms with Gasteiger partial charge in [-0.2, -0.15) is 0 Å². The number of benzene rings is 2. The fourth-order valence-electron chi connectivity index (χ4n) is 3.65. The van der Waals surface area contributed by atoms with Gasteiger partial charge in [-0.25, -0.2) is 13.4 Å². The van der Waals surface area contributed by atoms with Crippen molar-refractivity contribution in [2.75, 3.05) is 5.32 Å². The van der Waals surface area contributed by atoms with Gasteiger partial charge in [0.25, 0.3) is 5.91 Å². The Morgan fingerprint density at radius 3 is 2.53 bits per heavy atom. The zero-order valence-electron chi connectivity index (χ0n) is 16.4. The summed E-state index contributed by atoms with van der Waals surface area (Å²) in [6.07, 6.45) is 3.29. The van der Waals surface area contributed by atoms with Gasteiger partial charge in [-0.3, -0.25) is 4.79 Å². The van der Waals surface area contributed by atoms with Crippen LogP contribution in [0.5, 0.6) is 0 Å². The Kier molecular flexibility index (Phi) is 5.95. The van der Waals surface area contributed by atoms with Crippen LogP contribution in [0, 0.1) is 6.92 Å². The molecule has 3 aromatic rings. The first-order valence-electron chi connectivity index (χ1n) is 9.73. The van der Waals surface area contributed by atoms with E-state index in [0.717, 1.165) is 23.4 Å². The number of thiazole rings is 1. The van der Waals surface area contributed by atoms with Crippen molar-refractivity contribution >= 4 is 44.4 Å². The molecule has 0 unspecified atom stereocenters. The van der Waals surface area contributed by atoms with Gasteiger partial charge in [0.05, 0.1) is 15.8 Å². The predicted octanol–water partition coefficient (Wildman–Crippen LogP) is 5.74. The first kappa shape index (κ1) is 21.0. The van der Waals surface area contributed by atoms with Crippen LogP contribution in [0.1, 0.15) is 41.0 Å². The largest absolute Gasteiger partial charge is 0.321 e. The normalized spacial score (nSPS) is 14.7. The van der Waals surface area contributed by atoms with Gasteiger partial charge in [-0.15, -0.1) is 11.3 Å². The lowest BCUT2D eigenvalue weighted by molar-refractivity contribution is 0.102. The van der Waals surface area contributed by atoms with E-state index in [2.05, 4.69) is 10.3 Å². The number of anilines is 1. The summed E-state index contributed by atoms with van der Waals surface area (Å²) in [6.45, 7) is 1.78. The van der Waals surface area contributed by atoms with Crippen molar-refractivity contribution in [3.05, 3.63) is 64.1 Å². The smallest absolute Gasteiger partial charge is 0.267 e. The van der Waals surface area contributed by atoms with Crippen molar-refractivity contribution in [3.8, 4) is 10.6 Å². The molecule has 8 heteroatoms. The minimum absolute atomic E-state index is 0.259. The molecule has 5 nitrogen and oxygen atoms in total. The number of carbonyl (C=O) groups is 1. The molecule has 0 aliphatic heterocycles. The van der Waals surface area contributed by atoms with E-state index >= 15 is 0 Å². The highest BCUT2D eigenvalue weighted by atomic mass is 35.5. The van der Waals surface area contributed by atoms with Gasteiger partial charge in [0, 0.05) is 16.3 Å². The Balaban J connectivity index is 1.55. The van der Waals surface area contributed by atoms with Gasteiger partial charge >= 0.3 is 0 Å². The number of nitrogens with one attached hydrogen (secondary N) is 1. The van der Waals surface area contributed by atoms with Crippen LogP contribution >= 0.6 is 22.9 Å². The maximum Gasteiger partial charge on any atom is 0.267 e. The van der Waals surface area contributed by atoms with Gasteiger partial charge in [0.2, 0.25) is 0 Å². The number of halogens is 1. The molecular formula is C22H21ClN2O3S2. The number of hydrogen-bond donors (Lipinski definition) is 1. The Morgan fingerprint density at radius 1 is 1.13 bits per heavy atom. The summed E-state index contributed by atoms with van der Waals surface area (Å²) in [6, 6.07) is 13.8. The summed E-state index contributed by atoms with van der Waals surface area (Å²) < 4.78 is 25.7. The Morgan fingerprint density at radius 2 is 1.83 bits per heavy atom. The molecule has 1 fully saturated rings. The molecule has 1 aliphatic carbocycles. The quantitative estimate of drug-likeness (QED) is 0.526. The third kappa shape index (κ3) is 4.29.